The Balaban J connectivity index is 2.00. The van der Waals surface area contributed by atoms with Crippen LogP contribution in [0.1, 0.15) is 35.6 Å². The Kier molecular flexibility index (Phi) is 5.91. The predicted molar refractivity (Wildman–Crippen MR) is 125 cm³/mol. The summed E-state index contributed by atoms with van der Waals surface area (Å²) in [7, 11) is 0. The van der Waals surface area contributed by atoms with E-state index in [0.29, 0.717) is 45.5 Å². The number of nitriles is 1. The molecule has 1 atom stereocenters. The van der Waals surface area contributed by atoms with Gasteiger partial charge in [-0.05, 0) is 55.9 Å². The number of nitrogens with two attached hydrogens (primary N) is 1. The standard InChI is InChI=1S/C22H19Cl2N3OS2/c1-11-6-15(22(29-2)30-11)19-16(10-25)21(26)27(14-8-12(23)7-13(24)9-14)17-4-3-5-18(28)20(17)19/h6-9,19H,3-5,26H2,1-2H3/t19-/m0/s1. The molecule has 0 saturated heterocycles. The average Bonchev–Trinajstić information content (AvgIpc) is 3.06. The molecular formula is C22H19Cl2N3OS2. The SMILES string of the molecule is CSc1sc(C)cc1[C@H]1C(C#N)=C(N)N(c2cc(Cl)cc(Cl)c2)C2=C1C(=O)CCC2. The summed E-state index contributed by atoms with van der Waals surface area (Å²) in [6.07, 6.45) is 3.91. The highest BCUT2D eigenvalue weighted by atomic mass is 35.5. The van der Waals surface area contributed by atoms with E-state index in [1.54, 1.807) is 46.2 Å². The second kappa shape index (κ2) is 8.32. The molecule has 30 heavy (non-hydrogen) atoms. The summed E-state index contributed by atoms with van der Waals surface area (Å²) in [6.45, 7) is 2.04. The van der Waals surface area contributed by atoms with E-state index < -0.39 is 5.92 Å². The lowest BCUT2D eigenvalue weighted by Gasteiger charge is -2.39. The number of benzene rings is 1. The van der Waals surface area contributed by atoms with Crippen LogP contribution in [0.3, 0.4) is 0 Å². The summed E-state index contributed by atoms with van der Waals surface area (Å²) in [5.74, 6) is -0.0585. The number of rotatable bonds is 3. The zero-order valence-electron chi connectivity index (χ0n) is 16.5. The molecule has 8 heteroatoms. The van der Waals surface area contributed by atoms with Gasteiger partial charge in [-0.25, -0.2) is 0 Å². The smallest absolute Gasteiger partial charge is 0.161 e. The van der Waals surface area contributed by atoms with E-state index in [-0.39, 0.29) is 5.78 Å². The van der Waals surface area contributed by atoms with Gasteiger partial charge in [0, 0.05) is 32.6 Å². The van der Waals surface area contributed by atoms with Crippen molar-refractivity contribution < 1.29 is 4.79 Å². The molecule has 1 aliphatic heterocycles. The number of aryl methyl sites for hydroxylation is 1. The van der Waals surface area contributed by atoms with Crippen molar-refractivity contribution in [3.63, 3.8) is 0 Å². The number of nitrogens with zero attached hydrogens (tertiary/aromatic N) is 2. The number of thioether (sulfide) groups is 1. The third-order valence-corrected chi connectivity index (χ3v) is 8.02. The van der Waals surface area contributed by atoms with Crippen LogP contribution in [-0.2, 0) is 4.79 Å². The maximum absolute atomic E-state index is 13.2. The third-order valence-electron chi connectivity index (χ3n) is 5.36. The van der Waals surface area contributed by atoms with Gasteiger partial charge in [0.05, 0.1) is 27.5 Å². The molecule has 2 heterocycles. The summed E-state index contributed by atoms with van der Waals surface area (Å²) < 4.78 is 1.10. The molecule has 0 amide bonds. The average molecular weight is 476 g/mol. The van der Waals surface area contributed by atoms with Gasteiger partial charge in [-0.2, -0.15) is 5.26 Å². The van der Waals surface area contributed by atoms with Crippen molar-refractivity contribution in [3.8, 4) is 6.07 Å². The lowest BCUT2D eigenvalue weighted by atomic mass is 9.76. The van der Waals surface area contributed by atoms with Gasteiger partial charge in [-0.1, -0.05) is 23.2 Å². The van der Waals surface area contributed by atoms with Crippen LogP contribution in [-0.4, -0.2) is 12.0 Å². The van der Waals surface area contributed by atoms with E-state index in [9.17, 15) is 10.1 Å². The molecule has 0 bridgehead atoms. The first kappa shape index (κ1) is 21.3. The first-order valence-electron chi connectivity index (χ1n) is 9.42. The molecule has 1 aliphatic carbocycles. The first-order valence-corrected chi connectivity index (χ1v) is 12.2. The molecule has 0 spiro atoms. The molecule has 0 fully saturated rings. The van der Waals surface area contributed by atoms with Gasteiger partial charge in [0.1, 0.15) is 5.82 Å². The van der Waals surface area contributed by atoms with E-state index in [1.165, 1.54) is 0 Å². The zero-order chi connectivity index (χ0) is 21.6. The Morgan fingerprint density at radius 2 is 1.93 bits per heavy atom. The number of allylic oxidation sites excluding steroid dienone is 3. The van der Waals surface area contributed by atoms with Crippen molar-refractivity contribution in [2.24, 2.45) is 5.73 Å². The number of carbonyl (C=O) groups excluding carboxylic acids is 1. The summed E-state index contributed by atoms with van der Waals surface area (Å²) >= 11 is 15.8. The van der Waals surface area contributed by atoms with Crippen LogP contribution in [0.15, 0.2) is 51.1 Å². The number of Topliss-reactive ketones (excluding diaryl/α,β-unsaturated/α-hetero) is 1. The van der Waals surface area contributed by atoms with Gasteiger partial charge in [-0.15, -0.1) is 23.1 Å². The minimum absolute atomic E-state index is 0.0653. The predicted octanol–water partition coefficient (Wildman–Crippen LogP) is 6.39. The minimum Gasteiger partial charge on any atom is -0.384 e. The number of hydrogen-bond donors (Lipinski definition) is 1. The normalized spacial score (nSPS) is 19.2. The molecule has 2 aromatic rings. The van der Waals surface area contributed by atoms with Crippen molar-refractivity contribution in [1.29, 1.82) is 5.26 Å². The monoisotopic (exact) mass is 475 g/mol. The van der Waals surface area contributed by atoms with Crippen molar-refractivity contribution in [2.45, 2.75) is 36.3 Å². The highest BCUT2D eigenvalue weighted by Gasteiger charge is 2.41. The van der Waals surface area contributed by atoms with E-state index in [2.05, 4.69) is 12.1 Å². The van der Waals surface area contributed by atoms with Crippen LogP contribution in [0.4, 0.5) is 5.69 Å². The Morgan fingerprint density at radius 1 is 1.23 bits per heavy atom. The van der Waals surface area contributed by atoms with Gasteiger partial charge >= 0.3 is 0 Å². The highest BCUT2D eigenvalue weighted by molar-refractivity contribution is 8.00. The lowest BCUT2D eigenvalue weighted by Crippen LogP contribution is -2.38. The number of carbonyl (C=O) groups is 1. The van der Waals surface area contributed by atoms with Crippen LogP contribution >= 0.6 is 46.3 Å². The topological polar surface area (TPSA) is 70.1 Å². The van der Waals surface area contributed by atoms with Gasteiger partial charge in [0.2, 0.25) is 0 Å². The van der Waals surface area contributed by atoms with E-state index in [1.807, 2.05) is 13.2 Å². The second-order valence-corrected chi connectivity index (χ2v) is 10.5. The minimum atomic E-state index is -0.448. The highest BCUT2D eigenvalue weighted by Crippen LogP contribution is 2.49. The summed E-state index contributed by atoms with van der Waals surface area (Å²) in [5, 5.41) is 11.0. The zero-order valence-corrected chi connectivity index (χ0v) is 19.6. The Labute approximate surface area is 194 Å². The largest absolute Gasteiger partial charge is 0.384 e. The first-order chi connectivity index (χ1) is 14.3. The number of ketones is 1. The molecule has 1 aromatic heterocycles. The number of halogens is 2. The fourth-order valence-electron chi connectivity index (χ4n) is 4.23. The van der Waals surface area contributed by atoms with Crippen molar-refractivity contribution in [1.82, 2.24) is 0 Å². The van der Waals surface area contributed by atoms with E-state index >= 15 is 0 Å². The summed E-state index contributed by atoms with van der Waals surface area (Å²) in [6, 6.07) is 9.52. The van der Waals surface area contributed by atoms with Crippen LogP contribution in [0, 0.1) is 18.3 Å². The second-order valence-electron chi connectivity index (χ2n) is 7.25. The van der Waals surface area contributed by atoms with Crippen molar-refractivity contribution in [3.05, 3.63) is 67.4 Å². The summed E-state index contributed by atoms with van der Waals surface area (Å²) in [4.78, 5) is 16.1. The van der Waals surface area contributed by atoms with E-state index in [4.69, 9.17) is 28.9 Å². The molecule has 0 radical (unpaired) electrons. The van der Waals surface area contributed by atoms with Crippen LogP contribution in [0.25, 0.3) is 0 Å². The number of anilines is 1. The molecule has 0 unspecified atom stereocenters. The van der Waals surface area contributed by atoms with Gasteiger partial charge in [0.25, 0.3) is 0 Å². The Hall–Kier alpha value is -1.91. The lowest BCUT2D eigenvalue weighted by molar-refractivity contribution is -0.116. The van der Waals surface area contributed by atoms with Crippen LogP contribution in [0.2, 0.25) is 10.0 Å². The Morgan fingerprint density at radius 3 is 2.57 bits per heavy atom. The molecule has 0 saturated carbocycles. The summed E-state index contributed by atoms with van der Waals surface area (Å²) in [5.41, 5.74) is 10.1. The quantitative estimate of drug-likeness (QED) is 0.520. The van der Waals surface area contributed by atoms with Crippen LogP contribution in [0.5, 0.6) is 0 Å². The molecule has 1 aromatic carbocycles. The fourth-order valence-corrected chi connectivity index (χ4v) is 6.66. The van der Waals surface area contributed by atoms with Gasteiger partial charge < -0.3 is 5.73 Å². The number of hydrogen-bond acceptors (Lipinski definition) is 6. The fraction of sp³-hybridized carbons (Fsp3) is 0.273. The molecular weight excluding hydrogens is 457 g/mol. The maximum atomic E-state index is 13.2. The van der Waals surface area contributed by atoms with Gasteiger partial charge in [-0.3, -0.25) is 9.69 Å². The number of thiophene rings is 1. The van der Waals surface area contributed by atoms with Gasteiger partial charge in [0.15, 0.2) is 5.78 Å². The van der Waals surface area contributed by atoms with Crippen LogP contribution < -0.4 is 10.6 Å². The third kappa shape index (κ3) is 3.54. The Bertz CT molecular complexity index is 1140. The molecule has 4 nitrogen and oxygen atoms in total. The molecule has 2 aliphatic rings. The molecule has 4 rings (SSSR count). The molecule has 154 valence electrons. The molecule has 2 N–H and O–H groups in total. The van der Waals surface area contributed by atoms with Crippen molar-refractivity contribution in [2.75, 3.05) is 11.2 Å². The maximum Gasteiger partial charge on any atom is 0.161 e. The van der Waals surface area contributed by atoms with E-state index in [0.717, 1.165) is 26.8 Å². The van der Waals surface area contributed by atoms with Crippen molar-refractivity contribution >= 4 is 57.8 Å².